The lowest BCUT2D eigenvalue weighted by Crippen LogP contribution is -2.44. The van der Waals surface area contributed by atoms with Gasteiger partial charge in [0.15, 0.2) is 5.96 Å². The second-order valence-electron chi connectivity index (χ2n) is 10.0. The van der Waals surface area contributed by atoms with E-state index in [1.54, 1.807) is 24.2 Å². The van der Waals surface area contributed by atoms with Crippen LogP contribution in [0.2, 0.25) is 0 Å². The number of carbonyl (C=O) groups is 1. The highest BCUT2D eigenvalue weighted by molar-refractivity contribution is 6.06. The third-order valence-corrected chi connectivity index (χ3v) is 7.72. The minimum Gasteiger partial charge on any atom is -0.369 e. The van der Waals surface area contributed by atoms with Gasteiger partial charge in [0.2, 0.25) is 0 Å². The van der Waals surface area contributed by atoms with Gasteiger partial charge < -0.3 is 11.1 Å². The minimum absolute atomic E-state index is 0.0784. The third kappa shape index (κ3) is 5.06. The quantitative estimate of drug-likeness (QED) is 0.666. The van der Waals surface area contributed by atoms with Crippen LogP contribution in [-0.2, 0) is 4.79 Å². The lowest BCUT2D eigenvalue weighted by Gasteiger charge is -2.35. The summed E-state index contributed by atoms with van der Waals surface area (Å²) in [4.78, 5) is 24.0. The molecule has 2 saturated carbocycles. The first kappa shape index (κ1) is 22.6. The fourth-order valence-electron chi connectivity index (χ4n) is 5.91. The van der Waals surface area contributed by atoms with Crippen LogP contribution in [0.3, 0.4) is 0 Å². The second-order valence-corrected chi connectivity index (χ2v) is 10.0. The molecule has 1 amide bonds. The molecule has 0 saturated heterocycles. The number of aromatic nitrogens is 1. The van der Waals surface area contributed by atoms with Crippen molar-refractivity contribution in [1.29, 1.82) is 5.26 Å². The summed E-state index contributed by atoms with van der Waals surface area (Å²) in [5.74, 6) is 2.40. The molecule has 0 spiro atoms. The molecule has 0 aromatic carbocycles. The Morgan fingerprint density at radius 1 is 1.19 bits per heavy atom. The highest BCUT2D eigenvalue weighted by Crippen LogP contribution is 2.40. The van der Waals surface area contributed by atoms with E-state index in [4.69, 9.17) is 16.0 Å². The van der Waals surface area contributed by atoms with Crippen LogP contribution >= 0.6 is 0 Å². The molecule has 0 radical (unpaired) electrons. The first-order chi connectivity index (χ1) is 15.5. The third-order valence-electron chi connectivity index (χ3n) is 7.72. The molecule has 7 heteroatoms. The van der Waals surface area contributed by atoms with E-state index in [1.807, 2.05) is 6.07 Å². The van der Waals surface area contributed by atoms with Gasteiger partial charge in [-0.25, -0.2) is 9.98 Å². The monoisotopic (exact) mass is 436 g/mol. The number of guanidine groups is 1. The maximum atomic E-state index is 13.3. The zero-order chi connectivity index (χ0) is 22.6. The fourth-order valence-corrected chi connectivity index (χ4v) is 5.91. The van der Waals surface area contributed by atoms with Crippen LogP contribution in [0.4, 0.5) is 5.82 Å². The smallest absolute Gasteiger partial charge is 0.257 e. The van der Waals surface area contributed by atoms with Crippen molar-refractivity contribution in [3.63, 3.8) is 0 Å². The van der Waals surface area contributed by atoms with E-state index in [2.05, 4.69) is 16.4 Å². The van der Waals surface area contributed by atoms with Crippen molar-refractivity contribution >= 4 is 17.7 Å². The fraction of sp³-hybridized carbons (Fsp3) is 0.680. The Bertz CT molecular complexity index is 869. The highest BCUT2D eigenvalue weighted by atomic mass is 16.2. The van der Waals surface area contributed by atoms with Crippen LogP contribution in [0.1, 0.15) is 82.6 Å². The van der Waals surface area contributed by atoms with Gasteiger partial charge in [0.1, 0.15) is 17.4 Å². The SMILES string of the molecule is CN1C(=O)[C@@](CCC2CCCCC2)(C[C@H]2CCC[C@@H](Nc3ccc(C#N)cn3)C2)N=C1N. The largest absolute Gasteiger partial charge is 0.369 e. The zero-order valence-electron chi connectivity index (χ0n) is 19.2. The van der Waals surface area contributed by atoms with Crippen LogP contribution in [0, 0.1) is 23.2 Å². The number of rotatable bonds is 7. The molecule has 4 rings (SSSR count). The summed E-state index contributed by atoms with van der Waals surface area (Å²) in [5, 5.41) is 12.5. The number of nitriles is 1. The number of likely N-dealkylation sites (N-methyl/N-ethyl adjacent to an activating group) is 1. The molecular formula is C25H36N6O. The minimum atomic E-state index is -0.685. The topological polar surface area (TPSA) is 107 Å². The van der Waals surface area contributed by atoms with Crippen molar-refractivity contribution in [3.05, 3.63) is 23.9 Å². The van der Waals surface area contributed by atoms with Crippen LogP contribution in [-0.4, -0.2) is 40.4 Å². The molecule has 172 valence electrons. The Hall–Kier alpha value is -2.62. The number of nitrogens with one attached hydrogen (secondary N) is 1. The Labute approximate surface area is 191 Å². The molecule has 0 unspecified atom stereocenters. The van der Waals surface area contributed by atoms with Crippen LogP contribution < -0.4 is 11.1 Å². The van der Waals surface area contributed by atoms with Crippen LogP contribution in [0.5, 0.6) is 0 Å². The van der Waals surface area contributed by atoms with E-state index in [-0.39, 0.29) is 5.91 Å². The number of anilines is 1. The number of nitrogens with two attached hydrogens (primary N) is 1. The summed E-state index contributed by atoms with van der Waals surface area (Å²) in [5.41, 5.74) is 6.00. The first-order valence-electron chi connectivity index (χ1n) is 12.3. The molecule has 2 aliphatic carbocycles. The molecular weight excluding hydrogens is 400 g/mol. The Morgan fingerprint density at radius 3 is 2.62 bits per heavy atom. The van der Waals surface area contributed by atoms with E-state index in [0.717, 1.165) is 56.7 Å². The lowest BCUT2D eigenvalue weighted by atomic mass is 9.74. The van der Waals surface area contributed by atoms with Gasteiger partial charge >= 0.3 is 0 Å². The molecule has 0 bridgehead atoms. The van der Waals surface area contributed by atoms with Crippen molar-refractivity contribution in [2.24, 2.45) is 22.6 Å². The van der Waals surface area contributed by atoms with Gasteiger partial charge in [-0.3, -0.25) is 9.69 Å². The normalized spacial score (nSPS) is 28.9. The Balaban J connectivity index is 1.41. The predicted octanol–water partition coefficient (Wildman–Crippen LogP) is 4.20. The van der Waals surface area contributed by atoms with E-state index >= 15 is 0 Å². The number of amides is 1. The highest BCUT2D eigenvalue weighted by Gasteiger charge is 2.48. The van der Waals surface area contributed by atoms with Crippen molar-refractivity contribution < 1.29 is 4.79 Å². The van der Waals surface area contributed by atoms with Crippen molar-refractivity contribution in [2.75, 3.05) is 12.4 Å². The number of pyridine rings is 1. The predicted molar refractivity (Wildman–Crippen MR) is 126 cm³/mol. The van der Waals surface area contributed by atoms with Crippen molar-refractivity contribution in [2.45, 2.75) is 88.6 Å². The average Bonchev–Trinajstić information content (AvgIpc) is 3.03. The molecule has 3 N–H and O–H groups in total. The zero-order valence-corrected chi connectivity index (χ0v) is 19.2. The number of nitrogens with zero attached hydrogens (tertiary/aromatic N) is 4. The summed E-state index contributed by atoms with van der Waals surface area (Å²) in [6.07, 6.45) is 15.1. The maximum absolute atomic E-state index is 13.3. The number of hydrogen-bond donors (Lipinski definition) is 2. The first-order valence-corrected chi connectivity index (χ1v) is 12.3. The molecule has 1 aromatic heterocycles. The molecule has 3 atom stereocenters. The standard InChI is InChI=1S/C25H36N6O/c1-31-23(32)25(30-24(31)27,13-12-18-6-3-2-4-7-18)15-19-8-5-9-21(14-19)29-22-11-10-20(16-26)17-28-22/h10-11,17-19,21H,2-9,12-15H2,1H3,(H2,27,30)(H,28,29)/t19-,21+,25+/m0/s1. The van der Waals surface area contributed by atoms with Crippen molar-refractivity contribution in [1.82, 2.24) is 9.88 Å². The summed E-state index contributed by atoms with van der Waals surface area (Å²) >= 11 is 0. The van der Waals surface area contributed by atoms with Gasteiger partial charge in [0, 0.05) is 19.3 Å². The Kier molecular flexibility index (Phi) is 6.98. The van der Waals surface area contributed by atoms with E-state index in [1.165, 1.54) is 32.1 Å². The molecule has 32 heavy (non-hydrogen) atoms. The lowest BCUT2D eigenvalue weighted by molar-refractivity contribution is -0.131. The molecule has 7 nitrogen and oxygen atoms in total. The second kappa shape index (κ2) is 9.89. The van der Waals surface area contributed by atoms with E-state index < -0.39 is 5.54 Å². The van der Waals surface area contributed by atoms with Gasteiger partial charge in [-0.2, -0.15) is 5.26 Å². The summed E-state index contributed by atoms with van der Waals surface area (Å²) in [7, 11) is 1.76. The molecule has 2 heterocycles. The number of aliphatic imine (C=N–C) groups is 1. The van der Waals surface area contributed by atoms with Gasteiger partial charge in [-0.1, -0.05) is 44.9 Å². The van der Waals surface area contributed by atoms with Gasteiger partial charge in [0.05, 0.1) is 5.56 Å². The van der Waals surface area contributed by atoms with Gasteiger partial charge in [-0.15, -0.1) is 0 Å². The summed E-state index contributed by atoms with van der Waals surface area (Å²) in [6, 6.07) is 6.09. The average molecular weight is 437 g/mol. The molecule has 3 aliphatic rings. The van der Waals surface area contributed by atoms with Crippen LogP contribution in [0.25, 0.3) is 0 Å². The van der Waals surface area contributed by atoms with Gasteiger partial charge in [0.25, 0.3) is 5.91 Å². The molecule has 1 aromatic rings. The molecule has 2 fully saturated rings. The summed E-state index contributed by atoms with van der Waals surface area (Å²) < 4.78 is 0. The van der Waals surface area contributed by atoms with E-state index in [9.17, 15) is 4.79 Å². The van der Waals surface area contributed by atoms with Crippen molar-refractivity contribution in [3.8, 4) is 6.07 Å². The Morgan fingerprint density at radius 2 is 1.97 bits per heavy atom. The number of hydrogen-bond acceptors (Lipinski definition) is 6. The molecule has 1 aliphatic heterocycles. The van der Waals surface area contributed by atoms with Gasteiger partial charge in [-0.05, 0) is 56.1 Å². The summed E-state index contributed by atoms with van der Waals surface area (Å²) in [6.45, 7) is 0. The van der Waals surface area contributed by atoms with Crippen LogP contribution in [0.15, 0.2) is 23.3 Å². The number of carbonyl (C=O) groups excluding carboxylic acids is 1. The maximum Gasteiger partial charge on any atom is 0.257 e. The van der Waals surface area contributed by atoms with E-state index in [0.29, 0.717) is 23.5 Å².